The van der Waals surface area contributed by atoms with Gasteiger partial charge in [0.05, 0.1) is 23.6 Å². The molecule has 0 aliphatic heterocycles. The Morgan fingerprint density at radius 3 is 2.62 bits per heavy atom. The molecule has 0 atom stereocenters. The van der Waals surface area contributed by atoms with E-state index in [9.17, 15) is 31.1 Å². The summed E-state index contributed by atoms with van der Waals surface area (Å²) in [7, 11) is 0. The molecular formula is C20H15BrF6N4O3. The molecule has 2 aromatic heterocycles. The van der Waals surface area contributed by atoms with Crippen molar-refractivity contribution in [2.45, 2.75) is 26.3 Å². The molecule has 182 valence electrons. The van der Waals surface area contributed by atoms with Crippen molar-refractivity contribution in [1.29, 1.82) is 0 Å². The van der Waals surface area contributed by atoms with Crippen molar-refractivity contribution in [3.8, 4) is 11.4 Å². The second-order valence-electron chi connectivity index (χ2n) is 6.58. The average molecular weight is 553 g/mol. The van der Waals surface area contributed by atoms with Crippen molar-refractivity contribution in [2.24, 2.45) is 0 Å². The van der Waals surface area contributed by atoms with Crippen LogP contribution in [0.4, 0.5) is 38.0 Å². The van der Waals surface area contributed by atoms with Gasteiger partial charge in [-0.1, -0.05) is 15.9 Å². The van der Waals surface area contributed by atoms with Crippen LogP contribution in [0.2, 0.25) is 0 Å². The molecule has 0 aliphatic rings. The van der Waals surface area contributed by atoms with E-state index in [2.05, 4.69) is 30.7 Å². The van der Waals surface area contributed by atoms with Crippen LogP contribution in [0.15, 0.2) is 47.2 Å². The number of hydrogen-bond donors (Lipinski definition) is 0. The maximum Gasteiger partial charge on any atom is 0.406 e. The van der Waals surface area contributed by atoms with Gasteiger partial charge in [0.1, 0.15) is 18.0 Å². The molecule has 0 spiro atoms. The summed E-state index contributed by atoms with van der Waals surface area (Å²) >= 11 is 3.09. The highest BCUT2D eigenvalue weighted by Gasteiger charge is 2.30. The Labute approximate surface area is 197 Å². The van der Waals surface area contributed by atoms with E-state index in [0.29, 0.717) is 14.1 Å². The van der Waals surface area contributed by atoms with Gasteiger partial charge < -0.3 is 9.30 Å². The van der Waals surface area contributed by atoms with Gasteiger partial charge in [0.2, 0.25) is 0 Å². The first-order valence-corrected chi connectivity index (χ1v) is 10.3. The smallest absolute Gasteiger partial charge is 0.406 e. The summed E-state index contributed by atoms with van der Waals surface area (Å²) in [6.45, 7) is -3.36. The Hall–Kier alpha value is -3.13. The molecule has 3 rings (SSSR count). The molecule has 0 radical (unpaired) electrons. The highest BCUT2D eigenvalue weighted by molar-refractivity contribution is 9.10. The van der Waals surface area contributed by atoms with Gasteiger partial charge in [0, 0.05) is 16.9 Å². The quantitative estimate of drug-likeness (QED) is 0.197. The molecule has 0 fully saturated rings. The number of hydrogen-bond acceptors (Lipinski definition) is 6. The molecule has 0 saturated carbocycles. The standard InChI is InChI=1S/C20H15BrF6N4O3/c1-2-33-17(32)11-7-16(30(9-11)10-20(25,26)27)14-5-6-28-19(29-14)31(34-18(23)24)15-8-12(21)3-4-13(15)22/h3-9,18H,2,10H2,1H3. The Morgan fingerprint density at radius 1 is 1.24 bits per heavy atom. The fraction of sp³-hybridized carbons (Fsp3) is 0.250. The number of halogens is 7. The number of ether oxygens (including phenoxy) is 1. The lowest BCUT2D eigenvalue weighted by Gasteiger charge is -2.22. The van der Waals surface area contributed by atoms with Gasteiger partial charge in [-0.05, 0) is 37.3 Å². The average Bonchev–Trinajstić information content (AvgIpc) is 3.16. The first-order chi connectivity index (χ1) is 16.0. The molecular weight excluding hydrogens is 538 g/mol. The van der Waals surface area contributed by atoms with Crippen molar-refractivity contribution in [3.05, 3.63) is 58.6 Å². The van der Waals surface area contributed by atoms with Crippen LogP contribution in [-0.2, 0) is 16.1 Å². The molecule has 14 heteroatoms. The molecule has 0 aliphatic carbocycles. The lowest BCUT2D eigenvalue weighted by Crippen LogP contribution is -2.24. The van der Waals surface area contributed by atoms with E-state index in [1.165, 1.54) is 19.1 Å². The predicted molar refractivity (Wildman–Crippen MR) is 111 cm³/mol. The normalized spacial score (nSPS) is 11.7. The summed E-state index contributed by atoms with van der Waals surface area (Å²) in [6.07, 6.45) is -2.66. The first-order valence-electron chi connectivity index (χ1n) is 9.46. The van der Waals surface area contributed by atoms with Crippen LogP contribution < -0.4 is 5.06 Å². The Kier molecular flexibility index (Phi) is 7.82. The molecule has 0 unspecified atom stereocenters. The largest absolute Gasteiger partial charge is 0.462 e. The number of nitrogens with zero attached hydrogens (tertiary/aromatic N) is 4. The summed E-state index contributed by atoms with van der Waals surface area (Å²) in [5.41, 5.74) is -1.02. The lowest BCUT2D eigenvalue weighted by atomic mass is 10.2. The summed E-state index contributed by atoms with van der Waals surface area (Å²) in [5.74, 6) is -2.41. The maximum atomic E-state index is 14.4. The van der Waals surface area contributed by atoms with E-state index >= 15 is 0 Å². The maximum absolute atomic E-state index is 14.4. The van der Waals surface area contributed by atoms with Gasteiger partial charge >= 0.3 is 18.8 Å². The van der Waals surface area contributed by atoms with Gasteiger partial charge in [-0.3, -0.25) is 0 Å². The molecule has 1 aromatic carbocycles. The van der Waals surface area contributed by atoms with Crippen molar-refractivity contribution >= 4 is 33.5 Å². The number of carbonyl (C=O) groups is 1. The van der Waals surface area contributed by atoms with Crippen molar-refractivity contribution < 1.29 is 40.7 Å². The van der Waals surface area contributed by atoms with E-state index in [0.717, 1.165) is 30.6 Å². The minimum absolute atomic E-state index is 0.00556. The first kappa shape index (κ1) is 25.5. The zero-order valence-electron chi connectivity index (χ0n) is 17.2. The van der Waals surface area contributed by atoms with E-state index in [1.54, 1.807) is 0 Å². The van der Waals surface area contributed by atoms with E-state index in [1.807, 2.05) is 0 Å². The third kappa shape index (κ3) is 6.26. The number of benzene rings is 1. The minimum Gasteiger partial charge on any atom is -0.462 e. The Balaban J connectivity index is 2.11. The highest BCUT2D eigenvalue weighted by Crippen LogP contribution is 2.32. The number of carbonyl (C=O) groups excluding carboxylic acids is 1. The van der Waals surface area contributed by atoms with Gasteiger partial charge in [0.15, 0.2) is 0 Å². The number of anilines is 2. The van der Waals surface area contributed by atoms with E-state index in [4.69, 9.17) is 4.74 Å². The third-order valence-corrected chi connectivity index (χ3v) is 4.65. The highest BCUT2D eigenvalue weighted by atomic mass is 79.9. The van der Waals surface area contributed by atoms with Crippen LogP contribution in [-0.4, -0.2) is 39.9 Å². The van der Waals surface area contributed by atoms with Gasteiger partial charge in [-0.25, -0.2) is 19.2 Å². The molecule has 7 nitrogen and oxygen atoms in total. The Morgan fingerprint density at radius 2 is 1.97 bits per heavy atom. The topological polar surface area (TPSA) is 69.5 Å². The number of rotatable bonds is 8. The fourth-order valence-electron chi connectivity index (χ4n) is 2.90. The molecule has 0 N–H and O–H groups in total. The van der Waals surface area contributed by atoms with Gasteiger partial charge in [-0.15, -0.1) is 0 Å². The molecule has 34 heavy (non-hydrogen) atoms. The van der Waals surface area contributed by atoms with Crippen LogP contribution in [0.5, 0.6) is 0 Å². The second-order valence-corrected chi connectivity index (χ2v) is 7.49. The van der Waals surface area contributed by atoms with Crippen LogP contribution in [0.25, 0.3) is 11.4 Å². The van der Waals surface area contributed by atoms with Gasteiger partial charge in [-0.2, -0.15) is 31.9 Å². The van der Waals surface area contributed by atoms with Crippen LogP contribution in [0.1, 0.15) is 17.3 Å². The van der Waals surface area contributed by atoms with Crippen LogP contribution in [0.3, 0.4) is 0 Å². The second kappa shape index (κ2) is 10.4. The number of esters is 1. The monoisotopic (exact) mass is 552 g/mol. The zero-order chi connectivity index (χ0) is 25.0. The summed E-state index contributed by atoms with van der Waals surface area (Å²) in [6, 6.07) is 5.72. The lowest BCUT2D eigenvalue weighted by molar-refractivity contribution is -0.140. The Bertz CT molecular complexity index is 1170. The SMILES string of the molecule is CCOC(=O)c1cc(-c2ccnc(N(OC(F)F)c3cc(Br)ccc3F)n2)n(CC(F)(F)F)c1. The number of alkyl halides is 5. The van der Waals surface area contributed by atoms with E-state index in [-0.39, 0.29) is 23.6 Å². The predicted octanol–water partition coefficient (Wildman–Crippen LogP) is 5.88. The summed E-state index contributed by atoms with van der Waals surface area (Å²) < 4.78 is 85.8. The van der Waals surface area contributed by atoms with Crippen LogP contribution in [0, 0.1) is 5.82 Å². The zero-order valence-corrected chi connectivity index (χ0v) is 18.8. The summed E-state index contributed by atoms with van der Waals surface area (Å²) in [4.78, 5) is 24.2. The van der Waals surface area contributed by atoms with Crippen molar-refractivity contribution in [3.63, 3.8) is 0 Å². The molecule has 2 heterocycles. The molecule has 0 amide bonds. The van der Waals surface area contributed by atoms with Crippen molar-refractivity contribution in [2.75, 3.05) is 11.7 Å². The number of aromatic nitrogens is 3. The molecule has 0 bridgehead atoms. The van der Waals surface area contributed by atoms with Gasteiger partial charge in [0.25, 0.3) is 5.95 Å². The molecule has 3 aromatic rings. The molecule has 0 saturated heterocycles. The van der Waals surface area contributed by atoms with E-state index < -0.39 is 42.8 Å². The third-order valence-electron chi connectivity index (χ3n) is 4.16. The summed E-state index contributed by atoms with van der Waals surface area (Å²) in [5, 5.41) is 0.317. The van der Waals surface area contributed by atoms with Crippen molar-refractivity contribution in [1.82, 2.24) is 14.5 Å². The van der Waals surface area contributed by atoms with Crippen LogP contribution >= 0.6 is 15.9 Å². The fourth-order valence-corrected chi connectivity index (χ4v) is 3.25. The minimum atomic E-state index is -4.65.